The Morgan fingerprint density at radius 1 is 1.24 bits per heavy atom. The Morgan fingerprint density at radius 2 is 1.97 bits per heavy atom. The molecule has 182 valence electrons. The zero-order valence-corrected chi connectivity index (χ0v) is 20.7. The Morgan fingerprint density at radius 3 is 2.62 bits per heavy atom. The average Bonchev–Trinajstić information content (AvgIpc) is 3.17. The first-order chi connectivity index (χ1) is 16.2. The van der Waals surface area contributed by atoms with Crippen molar-refractivity contribution in [2.45, 2.75) is 58.9 Å². The molecule has 4 rings (SSSR count). The Kier molecular flexibility index (Phi) is 7.22. The van der Waals surface area contributed by atoms with Gasteiger partial charge in [0.25, 0.3) is 5.56 Å². The fourth-order valence-electron chi connectivity index (χ4n) is 5.11. The van der Waals surface area contributed by atoms with Crippen LogP contribution in [0.1, 0.15) is 56.7 Å². The van der Waals surface area contributed by atoms with Crippen molar-refractivity contribution in [3.05, 3.63) is 51.9 Å². The minimum Gasteiger partial charge on any atom is -0.481 e. The second-order valence-corrected chi connectivity index (χ2v) is 10.3. The van der Waals surface area contributed by atoms with Gasteiger partial charge in [0.05, 0.1) is 17.0 Å². The second kappa shape index (κ2) is 10.1. The summed E-state index contributed by atoms with van der Waals surface area (Å²) in [5.74, 6) is 0.200. The van der Waals surface area contributed by atoms with Crippen molar-refractivity contribution >= 4 is 17.0 Å². The predicted octanol–water partition coefficient (Wildman–Crippen LogP) is 4.65. The predicted molar refractivity (Wildman–Crippen MR) is 135 cm³/mol. The van der Waals surface area contributed by atoms with Crippen molar-refractivity contribution in [1.82, 2.24) is 19.4 Å². The van der Waals surface area contributed by atoms with Crippen LogP contribution in [0.5, 0.6) is 0 Å². The number of nitrogens with zero attached hydrogens (tertiary/aromatic N) is 3. The molecule has 1 aromatic carbocycles. The van der Waals surface area contributed by atoms with Gasteiger partial charge in [0, 0.05) is 23.4 Å². The van der Waals surface area contributed by atoms with Gasteiger partial charge in [0.15, 0.2) is 0 Å². The number of piperidine rings is 1. The number of carboxylic acids is 1. The Balaban J connectivity index is 1.70. The fourth-order valence-corrected chi connectivity index (χ4v) is 5.11. The number of H-pyrrole nitrogens is 1. The SMILES string of the molecule is Cc1cc(-c2nc3cc(CC[C@@H](CC(C)C)C(=O)O)ccc3n2C2CCN(C)CC2)c[nH]c1=O. The first-order valence-electron chi connectivity index (χ1n) is 12.3. The highest BCUT2D eigenvalue weighted by Gasteiger charge is 2.25. The molecule has 0 bridgehead atoms. The number of hydrogen-bond donors (Lipinski definition) is 2. The van der Waals surface area contributed by atoms with E-state index in [-0.39, 0.29) is 11.5 Å². The molecular weight excluding hydrogens is 428 g/mol. The quantitative estimate of drug-likeness (QED) is 0.506. The van der Waals surface area contributed by atoms with Crippen molar-refractivity contribution in [3.8, 4) is 11.4 Å². The maximum absolute atomic E-state index is 12.0. The summed E-state index contributed by atoms with van der Waals surface area (Å²) in [4.78, 5) is 33.9. The maximum atomic E-state index is 12.0. The lowest BCUT2D eigenvalue weighted by Crippen LogP contribution is -2.31. The molecular formula is C27H36N4O3. The molecule has 34 heavy (non-hydrogen) atoms. The van der Waals surface area contributed by atoms with Gasteiger partial charge in [-0.1, -0.05) is 19.9 Å². The molecule has 2 aromatic heterocycles. The van der Waals surface area contributed by atoms with Crippen molar-refractivity contribution < 1.29 is 9.90 Å². The van der Waals surface area contributed by atoms with Crippen LogP contribution in [0.4, 0.5) is 0 Å². The van der Waals surface area contributed by atoms with E-state index in [0.29, 0.717) is 36.8 Å². The fraction of sp³-hybridized carbons (Fsp3) is 0.519. The monoisotopic (exact) mass is 464 g/mol. The minimum atomic E-state index is -0.711. The topological polar surface area (TPSA) is 91.2 Å². The van der Waals surface area contributed by atoms with Crippen LogP contribution in [0, 0.1) is 18.8 Å². The van der Waals surface area contributed by atoms with Crippen LogP contribution in [0.3, 0.4) is 0 Å². The summed E-state index contributed by atoms with van der Waals surface area (Å²) in [6.45, 7) is 8.03. The number of benzene rings is 1. The summed E-state index contributed by atoms with van der Waals surface area (Å²) in [5, 5.41) is 9.60. The molecule has 2 N–H and O–H groups in total. The van der Waals surface area contributed by atoms with Crippen LogP contribution in [0.25, 0.3) is 22.4 Å². The van der Waals surface area contributed by atoms with Gasteiger partial charge in [-0.25, -0.2) is 4.98 Å². The van der Waals surface area contributed by atoms with Crippen LogP contribution in [-0.2, 0) is 11.2 Å². The third kappa shape index (κ3) is 5.25. The highest BCUT2D eigenvalue weighted by Crippen LogP contribution is 2.33. The van der Waals surface area contributed by atoms with Gasteiger partial charge in [-0.05, 0) is 88.8 Å². The molecule has 3 aromatic rings. The number of nitrogens with one attached hydrogen (secondary N) is 1. The number of aliphatic carboxylic acids is 1. The number of aryl methyl sites for hydroxylation is 2. The number of pyridine rings is 1. The Labute approximate surface area is 200 Å². The van der Waals surface area contributed by atoms with E-state index < -0.39 is 5.97 Å². The number of carboxylic acid groups (broad SMARTS) is 1. The summed E-state index contributed by atoms with van der Waals surface area (Å²) >= 11 is 0. The molecule has 1 aliphatic heterocycles. The van der Waals surface area contributed by atoms with E-state index in [4.69, 9.17) is 4.98 Å². The van der Waals surface area contributed by atoms with Crippen LogP contribution in [0.2, 0.25) is 0 Å². The van der Waals surface area contributed by atoms with E-state index in [9.17, 15) is 14.7 Å². The van der Waals surface area contributed by atoms with Crippen LogP contribution < -0.4 is 5.56 Å². The van der Waals surface area contributed by atoms with E-state index in [0.717, 1.165) is 53.9 Å². The summed E-state index contributed by atoms with van der Waals surface area (Å²) in [6.07, 6.45) is 5.89. The van der Waals surface area contributed by atoms with Crippen LogP contribution >= 0.6 is 0 Å². The summed E-state index contributed by atoms with van der Waals surface area (Å²) in [7, 11) is 2.16. The Bertz CT molecular complexity index is 1220. The highest BCUT2D eigenvalue weighted by atomic mass is 16.4. The normalized spacial score (nSPS) is 16.4. The van der Waals surface area contributed by atoms with Gasteiger partial charge in [0.1, 0.15) is 5.82 Å². The molecule has 7 heteroatoms. The third-order valence-corrected chi connectivity index (χ3v) is 7.04. The van der Waals surface area contributed by atoms with E-state index in [2.05, 4.69) is 53.5 Å². The smallest absolute Gasteiger partial charge is 0.306 e. The van der Waals surface area contributed by atoms with E-state index in [1.54, 1.807) is 6.20 Å². The summed E-state index contributed by atoms with van der Waals surface area (Å²) < 4.78 is 2.35. The molecule has 1 atom stereocenters. The van der Waals surface area contributed by atoms with Crippen molar-refractivity contribution in [2.75, 3.05) is 20.1 Å². The number of imidazole rings is 1. The number of rotatable bonds is 8. The molecule has 3 heterocycles. The van der Waals surface area contributed by atoms with E-state index in [1.165, 1.54) is 0 Å². The minimum absolute atomic E-state index is 0.0811. The van der Waals surface area contributed by atoms with Gasteiger partial charge in [-0.15, -0.1) is 0 Å². The average molecular weight is 465 g/mol. The lowest BCUT2D eigenvalue weighted by molar-refractivity contribution is -0.142. The lowest BCUT2D eigenvalue weighted by Gasteiger charge is -2.31. The van der Waals surface area contributed by atoms with Crippen LogP contribution in [-0.4, -0.2) is 50.6 Å². The highest BCUT2D eigenvalue weighted by molar-refractivity contribution is 5.81. The first kappa shape index (κ1) is 24.2. The molecule has 1 fully saturated rings. The van der Waals surface area contributed by atoms with Gasteiger partial charge >= 0.3 is 5.97 Å². The molecule has 7 nitrogen and oxygen atoms in total. The second-order valence-electron chi connectivity index (χ2n) is 10.3. The summed E-state index contributed by atoms with van der Waals surface area (Å²) in [6, 6.07) is 8.62. The van der Waals surface area contributed by atoms with Gasteiger partial charge in [-0.2, -0.15) is 0 Å². The number of aromatic nitrogens is 3. The van der Waals surface area contributed by atoms with Gasteiger partial charge in [0.2, 0.25) is 0 Å². The molecule has 0 radical (unpaired) electrons. The van der Waals surface area contributed by atoms with Crippen LogP contribution in [0.15, 0.2) is 35.3 Å². The number of aromatic amines is 1. The van der Waals surface area contributed by atoms with E-state index in [1.807, 2.05) is 13.0 Å². The standard InChI is InChI=1S/C27H36N4O3/c1-17(2)13-20(27(33)34)7-5-19-6-8-24-23(15-19)29-25(21-14-18(3)26(32)28-16-21)31(24)22-9-11-30(4)12-10-22/h6,8,14-17,20,22H,5,7,9-13H2,1-4H3,(H,28,32)(H,33,34)/t20-/m0/s1. The largest absolute Gasteiger partial charge is 0.481 e. The zero-order chi connectivity index (χ0) is 24.4. The molecule has 0 aliphatic carbocycles. The molecule has 1 aliphatic rings. The van der Waals surface area contributed by atoms with Crippen molar-refractivity contribution in [3.63, 3.8) is 0 Å². The van der Waals surface area contributed by atoms with E-state index >= 15 is 0 Å². The number of hydrogen-bond acceptors (Lipinski definition) is 4. The van der Waals surface area contributed by atoms with Crippen molar-refractivity contribution in [2.24, 2.45) is 11.8 Å². The van der Waals surface area contributed by atoms with Gasteiger partial charge in [-0.3, -0.25) is 9.59 Å². The third-order valence-electron chi connectivity index (χ3n) is 7.04. The maximum Gasteiger partial charge on any atom is 0.306 e. The summed E-state index contributed by atoms with van der Waals surface area (Å²) in [5.41, 5.74) is 4.63. The molecule has 1 saturated heterocycles. The first-order valence-corrected chi connectivity index (χ1v) is 12.3. The van der Waals surface area contributed by atoms with Crippen molar-refractivity contribution in [1.29, 1.82) is 0 Å². The number of fused-ring (bicyclic) bond motifs is 1. The zero-order valence-electron chi connectivity index (χ0n) is 20.7. The Hall–Kier alpha value is -2.93. The lowest BCUT2D eigenvalue weighted by atomic mass is 9.91. The molecule has 0 amide bonds. The molecule has 0 spiro atoms. The molecule has 0 unspecified atom stereocenters. The number of carbonyl (C=O) groups is 1. The molecule has 0 saturated carbocycles. The van der Waals surface area contributed by atoms with Gasteiger partial charge < -0.3 is 19.6 Å². The number of likely N-dealkylation sites (tertiary alicyclic amines) is 1.